The van der Waals surface area contributed by atoms with E-state index in [1.165, 1.54) is 43.6 Å². The van der Waals surface area contributed by atoms with Crippen molar-refractivity contribution in [3.05, 3.63) is 231 Å². The lowest BCUT2D eigenvalue weighted by atomic mass is 10.0. The van der Waals surface area contributed by atoms with Gasteiger partial charge in [0.15, 0.2) is 0 Å². The van der Waals surface area contributed by atoms with E-state index in [1.54, 1.807) is 0 Å². The summed E-state index contributed by atoms with van der Waals surface area (Å²) in [5, 5.41) is 7.28. The van der Waals surface area contributed by atoms with Gasteiger partial charge in [-0.15, -0.1) is 0 Å². The van der Waals surface area contributed by atoms with Crippen molar-refractivity contribution in [2.75, 3.05) is 0 Å². The molecule has 5 heterocycles. The molecule has 0 amide bonds. The molecular weight excluding hydrogens is 817 g/mol. The third-order valence-corrected chi connectivity index (χ3v) is 14.1. The van der Waals surface area contributed by atoms with Gasteiger partial charge in [0.1, 0.15) is 5.52 Å². The van der Waals surface area contributed by atoms with Crippen molar-refractivity contribution in [2.24, 2.45) is 0 Å². The Morgan fingerprint density at radius 3 is 1.34 bits per heavy atom. The summed E-state index contributed by atoms with van der Waals surface area (Å²) in [6.45, 7) is 0. The van der Waals surface area contributed by atoms with Crippen LogP contribution in [0.2, 0.25) is 0 Å². The molecule has 0 aliphatic heterocycles. The van der Waals surface area contributed by atoms with E-state index in [-0.39, 0.29) is 0 Å². The first kappa shape index (κ1) is 36.2. The van der Waals surface area contributed by atoms with Crippen LogP contribution in [0.1, 0.15) is 0 Å². The number of imidazole rings is 2. The van der Waals surface area contributed by atoms with Gasteiger partial charge in [-0.3, -0.25) is 8.97 Å². The summed E-state index contributed by atoms with van der Waals surface area (Å²) in [6.07, 6.45) is 0. The molecule has 312 valence electrons. The fraction of sp³-hybridized carbons (Fsp3) is 0. The van der Waals surface area contributed by atoms with Gasteiger partial charge in [-0.2, -0.15) is 0 Å². The van der Waals surface area contributed by atoms with Crippen molar-refractivity contribution in [3.63, 3.8) is 0 Å². The standard InChI is InChI=1S/C61H38N6/c1-2-18-39(19-3-1)64-56-32-16-17-33-57(56)67-58-37-35-47-48-38-40(63-49-26-10-4-20-41(49)42-21-5-11-27-50(42)63)34-36-55(48)66(60(47)59(58)62-61(64)67)54-31-15-9-25-46(54)45-24-8-14-30-53(45)65-51-28-12-6-22-43(51)44-23-7-13-29-52(44)65/h1-38H. The number of fused-ring (bicyclic) bond motifs is 15. The summed E-state index contributed by atoms with van der Waals surface area (Å²) in [7, 11) is 0. The minimum absolute atomic E-state index is 0.877. The Hall–Kier alpha value is -9.13. The lowest BCUT2D eigenvalue weighted by Crippen LogP contribution is -2.01. The zero-order valence-electron chi connectivity index (χ0n) is 36.1. The highest BCUT2D eigenvalue weighted by Gasteiger charge is 2.25. The van der Waals surface area contributed by atoms with Gasteiger partial charge in [0.2, 0.25) is 5.78 Å². The second-order valence-corrected chi connectivity index (χ2v) is 17.5. The van der Waals surface area contributed by atoms with Gasteiger partial charge in [0.05, 0.1) is 61.0 Å². The molecular formula is C61H38N6. The molecule has 15 aromatic rings. The molecule has 0 radical (unpaired) electrons. The van der Waals surface area contributed by atoms with Gasteiger partial charge in [0, 0.05) is 54.8 Å². The molecule has 0 fully saturated rings. The van der Waals surface area contributed by atoms with Gasteiger partial charge in [-0.25, -0.2) is 4.98 Å². The highest BCUT2D eigenvalue weighted by molar-refractivity contribution is 6.19. The Morgan fingerprint density at radius 1 is 0.269 bits per heavy atom. The molecule has 6 nitrogen and oxygen atoms in total. The first-order chi connectivity index (χ1) is 33.3. The Balaban J connectivity index is 1.07. The monoisotopic (exact) mass is 854 g/mol. The maximum atomic E-state index is 5.72. The van der Waals surface area contributed by atoms with E-state index in [1.807, 2.05) is 0 Å². The van der Waals surface area contributed by atoms with Crippen LogP contribution >= 0.6 is 0 Å². The highest BCUT2D eigenvalue weighted by atomic mass is 15.2. The molecule has 10 aromatic carbocycles. The quantitative estimate of drug-likeness (QED) is 0.170. The minimum Gasteiger partial charge on any atom is -0.309 e. The van der Waals surface area contributed by atoms with Crippen LogP contribution in [0.15, 0.2) is 231 Å². The second-order valence-electron chi connectivity index (χ2n) is 17.5. The van der Waals surface area contributed by atoms with E-state index in [4.69, 9.17) is 4.98 Å². The zero-order chi connectivity index (χ0) is 43.7. The molecule has 15 rings (SSSR count). The van der Waals surface area contributed by atoms with E-state index >= 15 is 0 Å². The summed E-state index contributed by atoms with van der Waals surface area (Å²) in [6, 6.07) is 83.7. The Bertz CT molecular complexity index is 4410. The first-order valence-electron chi connectivity index (χ1n) is 22.9. The van der Waals surface area contributed by atoms with Gasteiger partial charge >= 0.3 is 0 Å². The molecule has 0 saturated heterocycles. The fourth-order valence-electron chi connectivity index (χ4n) is 11.4. The predicted octanol–water partition coefficient (Wildman–Crippen LogP) is 15.4. The summed E-state index contributed by atoms with van der Waals surface area (Å²) in [4.78, 5) is 5.72. The highest BCUT2D eigenvalue weighted by Crippen LogP contribution is 2.44. The molecule has 0 spiro atoms. The molecule has 0 bridgehead atoms. The molecule has 0 aliphatic rings. The predicted molar refractivity (Wildman–Crippen MR) is 278 cm³/mol. The number of aromatic nitrogens is 6. The van der Waals surface area contributed by atoms with E-state index in [9.17, 15) is 0 Å². The maximum absolute atomic E-state index is 5.72. The van der Waals surface area contributed by atoms with Crippen LogP contribution in [0, 0.1) is 0 Å². The summed E-state index contributed by atoms with van der Waals surface area (Å²) in [5.41, 5.74) is 17.8. The molecule has 0 unspecified atom stereocenters. The number of hydrogen-bond acceptors (Lipinski definition) is 1. The third-order valence-electron chi connectivity index (χ3n) is 14.1. The van der Waals surface area contributed by atoms with Crippen LogP contribution in [0.25, 0.3) is 127 Å². The van der Waals surface area contributed by atoms with E-state index < -0.39 is 0 Å². The Morgan fingerprint density at radius 2 is 0.731 bits per heavy atom. The van der Waals surface area contributed by atoms with E-state index in [0.717, 1.165) is 83.5 Å². The molecule has 0 saturated carbocycles. The van der Waals surface area contributed by atoms with Crippen molar-refractivity contribution < 1.29 is 0 Å². The zero-order valence-corrected chi connectivity index (χ0v) is 36.1. The summed E-state index contributed by atoms with van der Waals surface area (Å²) in [5.74, 6) is 0.877. The van der Waals surface area contributed by atoms with Crippen molar-refractivity contribution in [1.29, 1.82) is 0 Å². The SMILES string of the molecule is c1ccc(-n2c3ccccc3n3c4ccc5c6cc(-n7c8ccccc8c8ccccc87)ccc6n(-c6ccccc6-c6ccccc6-n6c7ccccc7c7ccccc76)c5c4nc23)cc1. The van der Waals surface area contributed by atoms with Crippen LogP contribution in [0.4, 0.5) is 0 Å². The average molecular weight is 855 g/mol. The lowest BCUT2D eigenvalue weighted by Gasteiger charge is -2.18. The third kappa shape index (κ3) is 4.96. The number of nitrogens with zero attached hydrogens (tertiary/aromatic N) is 6. The minimum atomic E-state index is 0.877. The topological polar surface area (TPSA) is 37.0 Å². The fourth-order valence-corrected chi connectivity index (χ4v) is 11.4. The molecule has 67 heavy (non-hydrogen) atoms. The average Bonchev–Trinajstić information content (AvgIpc) is 4.19. The van der Waals surface area contributed by atoms with E-state index in [2.05, 4.69) is 253 Å². The number of rotatable bonds is 5. The van der Waals surface area contributed by atoms with E-state index in [0.29, 0.717) is 0 Å². The van der Waals surface area contributed by atoms with Crippen LogP contribution in [0.5, 0.6) is 0 Å². The van der Waals surface area contributed by atoms with Crippen molar-refractivity contribution in [1.82, 2.24) is 27.7 Å². The van der Waals surface area contributed by atoms with Gasteiger partial charge < -0.3 is 13.7 Å². The van der Waals surface area contributed by atoms with Gasteiger partial charge in [-0.1, -0.05) is 140 Å². The Kier molecular flexibility index (Phi) is 7.40. The second kappa shape index (κ2) is 13.7. The number of hydrogen-bond donors (Lipinski definition) is 0. The van der Waals surface area contributed by atoms with Crippen LogP contribution in [-0.4, -0.2) is 27.7 Å². The molecule has 0 N–H and O–H groups in total. The molecule has 0 atom stereocenters. The van der Waals surface area contributed by atoms with Gasteiger partial charge in [-0.05, 0) is 91.0 Å². The van der Waals surface area contributed by atoms with Crippen LogP contribution < -0.4 is 0 Å². The largest absolute Gasteiger partial charge is 0.309 e. The lowest BCUT2D eigenvalue weighted by molar-refractivity contribution is 1.11. The maximum Gasteiger partial charge on any atom is 0.220 e. The summed E-state index contributed by atoms with van der Waals surface area (Å²) >= 11 is 0. The summed E-state index contributed by atoms with van der Waals surface area (Å²) < 4.78 is 12.0. The normalized spacial score (nSPS) is 12.2. The number of benzene rings is 10. The molecule has 6 heteroatoms. The van der Waals surface area contributed by atoms with Gasteiger partial charge in [0.25, 0.3) is 0 Å². The van der Waals surface area contributed by atoms with Crippen molar-refractivity contribution in [2.45, 2.75) is 0 Å². The Labute approximate surface area is 383 Å². The first-order valence-corrected chi connectivity index (χ1v) is 22.9. The van der Waals surface area contributed by atoms with Crippen molar-refractivity contribution in [3.8, 4) is 33.9 Å². The molecule has 5 aromatic heterocycles. The smallest absolute Gasteiger partial charge is 0.220 e. The number of para-hydroxylation sites is 9. The van der Waals surface area contributed by atoms with Crippen LogP contribution in [-0.2, 0) is 0 Å². The molecule has 0 aliphatic carbocycles. The van der Waals surface area contributed by atoms with Crippen molar-refractivity contribution >= 4 is 93.3 Å². The van der Waals surface area contributed by atoms with Crippen LogP contribution in [0.3, 0.4) is 0 Å².